The number of amides is 1. The molecule has 0 bridgehead atoms. The number of nitrogens with zero attached hydrogens (tertiary/aromatic N) is 1. The fraction of sp³-hybridized carbons (Fsp3) is 0.667. The van der Waals surface area contributed by atoms with E-state index < -0.39 is 0 Å². The summed E-state index contributed by atoms with van der Waals surface area (Å²) in [6.07, 6.45) is 7.98. The van der Waals surface area contributed by atoms with Gasteiger partial charge in [0.2, 0.25) is 5.91 Å². The van der Waals surface area contributed by atoms with E-state index in [1.165, 1.54) is 25.0 Å². The zero-order chi connectivity index (χ0) is 13.7. The van der Waals surface area contributed by atoms with Crippen molar-refractivity contribution in [3.63, 3.8) is 0 Å². The Morgan fingerprint density at radius 3 is 2.84 bits per heavy atom. The van der Waals surface area contributed by atoms with Crippen LogP contribution in [-0.2, 0) is 11.2 Å². The van der Waals surface area contributed by atoms with Gasteiger partial charge in [0, 0.05) is 37.3 Å². The minimum Gasteiger partial charge on any atom is -0.365 e. The van der Waals surface area contributed by atoms with Gasteiger partial charge in [-0.05, 0) is 44.4 Å². The summed E-state index contributed by atoms with van der Waals surface area (Å²) in [4.78, 5) is 17.1. The number of nitrogens with one attached hydrogen (secondary N) is 1. The Balaban J connectivity index is 1.70. The lowest BCUT2D eigenvalue weighted by Gasteiger charge is -2.43. The lowest BCUT2D eigenvalue weighted by atomic mass is 9.68. The van der Waals surface area contributed by atoms with Crippen molar-refractivity contribution >= 4 is 5.91 Å². The summed E-state index contributed by atoms with van der Waals surface area (Å²) in [5, 5.41) is 0. The van der Waals surface area contributed by atoms with Crippen LogP contribution in [-0.4, -0.2) is 35.9 Å². The summed E-state index contributed by atoms with van der Waals surface area (Å²) >= 11 is 0. The number of aromatic amines is 1. The molecule has 19 heavy (non-hydrogen) atoms. The smallest absolute Gasteiger partial charge is 0.222 e. The molecule has 3 N–H and O–H groups in total. The second kappa shape index (κ2) is 6.24. The Morgan fingerprint density at radius 2 is 2.32 bits per heavy atom. The third-order valence-corrected chi connectivity index (χ3v) is 4.34. The first-order chi connectivity index (χ1) is 9.15. The molecular weight excluding hydrogens is 238 g/mol. The molecule has 1 aromatic rings. The van der Waals surface area contributed by atoms with Gasteiger partial charge in [0.05, 0.1) is 0 Å². The van der Waals surface area contributed by atoms with Crippen molar-refractivity contribution in [2.45, 2.75) is 38.5 Å². The third-order valence-electron chi connectivity index (χ3n) is 4.34. The largest absolute Gasteiger partial charge is 0.365 e. The molecule has 0 atom stereocenters. The van der Waals surface area contributed by atoms with Crippen LogP contribution in [0.4, 0.5) is 0 Å². The minimum absolute atomic E-state index is 0.212. The van der Waals surface area contributed by atoms with E-state index >= 15 is 0 Å². The Morgan fingerprint density at radius 1 is 1.53 bits per heavy atom. The second-order valence-corrected chi connectivity index (χ2v) is 5.86. The molecule has 0 radical (unpaired) electrons. The fourth-order valence-corrected chi connectivity index (χ4v) is 2.84. The van der Waals surface area contributed by atoms with Gasteiger partial charge in [-0.3, -0.25) is 4.79 Å². The zero-order valence-corrected chi connectivity index (χ0v) is 11.8. The number of H-pyrrole nitrogens is 1. The molecule has 1 fully saturated rings. The van der Waals surface area contributed by atoms with Crippen LogP contribution in [0.2, 0.25) is 0 Å². The topological polar surface area (TPSA) is 62.1 Å². The number of hydrogen-bond acceptors (Lipinski definition) is 2. The van der Waals surface area contributed by atoms with Gasteiger partial charge in [0.1, 0.15) is 0 Å². The van der Waals surface area contributed by atoms with Crippen LogP contribution in [0.15, 0.2) is 18.3 Å². The molecule has 1 amide bonds. The van der Waals surface area contributed by atoms with E-state index in [-0.39, 0.29) is 11.3 Å². The Bertz CT molecular complexity index is 390. The molecule has 106 valence electrons. The highest BCUT2D eigenvalue weighted by Crippen LogP contribution is 2.40. The van der Waals surface area contributed by atoms with Gasteiger partial charge in [0.25, 0.3) is 0 Å². The van der Waals surface area contributed by atoms with Crippen molar-refractivity contribution in [2.24, 2.45) is 11.1 Å². The molecule has 0 saturated heterocycles. The monoisotopic (exact) mass is 263 g/mol. The average molecular weight is 263 g/mol. The molecule has 0 spiro atoms. The number of aromatic nitrogens is 1. The Hall–Kier alpha value is -1.29. The molecule has 2 rings (SSSR count). The minimum atomic E-state index is 0.212. The summed E-state index contributed by atoms with van der Waals surface area (Å²) < 4.78 is 0. The normalized spacial score (nSPS) is 16.9. The SMILES string of the molecule is CN(CC1(CN)CCC1)C(=O)CCCc1ccc[nH]1. The van der Waals surface area contributed by atoms with Gasteiger partial charge in [0.15, 0.2) is 0 Å². The molecule has 1 saturated carbocycles. The van der Waals surface area contributed by atoms with Crippen molar-refractivity contribution in [1.29, 1.82) is 0 Å². The molecule has 4 nitrogen and oxygen atoms in total. The summed E-state index contributed by atoms with van der Waals surface area (Å²) in [6, 6.07) is 4.05. The van der Waals surface area contributed by atoms with Crippen LogP contribution in [0.3, 0.4) is 0 Å². The van der Waals surface area contributed by atoms with Crippen LogP contribution >= 0.6 is 0 Å². The highest BCUT2D eigenvalue weighted by Gasteiger charge is 2.37. The molecular formula is C15H25N3O. The van der Waals surface area contributed by atoms with Crippen LogP contribution in [0.5, 0.6) is 0 Å². The van der Waals surface area contributed by atoms with Crippen LogP contribution < -0.4 is 5.73 Å². The van der Waals surface area contributed by atoms with E-state index in [0.717, 1.165) is 19.4 Å². The standard InChI is InChI=1S/C15H25N3O/c1-18(12-15(11-16)8-4-9-15)14(19)7-2-5-13-6-3-10-17-13/h3,6,10,17H,2,4-5,7-9,11-12,16H2,1H3. The van der Waals surface area contributed by atoms with Gasteiger partial charge in [-0.25, -0.2) is 0 Å². The van der Waals surface area contributed by atoms with Gasteiger partial charge in [-0.15, -0.1) is 0 Å². The maximum Gasteiger partial charge on any atom is 0.222 e. The zero-order valence-electron chi connectivity index (χ0n) is 11.8. The van der Waals surface area contributed by atoms with Gasteiger partial charge in [-0.2, -0.15) is 0 Å². The summed E-state index contributed by atoms with van der Waals surface area (Å²) in [5.41, 5.74) is 7.25. The van der Waals surface area contributed by atoms with E-state index in [0.29, 0.717) is 13.0 Å². The lowest BCUT2D eigenvalue weighted by Crippen LogP contribution is -2.47. The first-order valence-corrected chi connectivity index (χ1v) is 7.21. The molecule has 1 aliphatic carbocycles. The van der Waals surface area contributed by atoms with Crippen molar-refractivity contribution < 1.29 is 4.79 Å². The fourth-order valence-electron chi connectivity index (χ4n) is 2.84. The van der Waals surface area contributed by atoms with Crippen molar-refractivity contribution in [3.8, 4) is 0 Å². The number of rotatable bonds is 7. The van der Waals surface area contributed by atoms with Crippen molar-refractivity contribution in [3.05, 3.63) is 24.0 Å². The summed E-state index contributed by atoms with van der Waals surface area (Å²) in [5.74, 6) is 0.242. The van der Waals surface area contributed by atoms with E-state index in [1.54, 1.807) is 0 Å². The highest BCUT2D eigenvalue weighted by molar-refractivity contribution is 5.75. The molecule has 0 unspecified atom stereocenters. The van der Waals surface area contributed by atoms with Crippen LogP contribution in [0, 0.1) is 5.41 Å². The van der Waals surface area contributed by atoms with Crippen molar-refractivity contribution in [2.75, 3.05) is 20.1 Å². The highest BCUT2D eigenvalue weighted by atomic mass is 16.2. The molecule has 0 aliphatic heterocycles. The first kappa shape index (κ1) is 14.1. The first-order valence-electron chi connectivity index (χ1n) is 7.21. The number of carbonyl (C=O) groups excluding carboxylic acids is 1. The molecule has 4 heteroatoms. The quantitative estimate of drug-likeness (QED) is 0.789. The summed E-state index contributed by atoms with van der Waals surface area (Å²) in [6.45, 7) is 1.53. The summed E-state index contributed by atoms with van der Waals surface area (Å²) in [7, 11) is 1.91. The Labute approximate surface area is 115 Å². The molecule has 1 aromatic heterocycles. The van der Waals surface area contributed by atoms with Gasteiger partial charge < -0.3 is 15.6 Å². The number of nitrogens with two attached hydrogens (primary N) is 1. The van der Waals surface area contributed by atoms with Crippen LogP contribution in [0.1, 0.15) is 37.8 Å². The van der Waals surface area contributed by atoms with E-state index in [2.05, 4.69) is 11.1 Å². The second-order valence-electron chi connectivity index (χ2n) is 5.86. The predicted octanol–water partition coefficient (Wildman–Crippen LogP) is 1.92. The van der Waals surface area contributed by atoms with Crippen molar-refractivity contribution in [1.82, 2.24) is 9.88 Å². The van der Waals surface area contributed by atoms with E-state index in [4.69, 9.17) is 5.73 Å². The number of carbonyl (C=O) groups is 1. The van der Waals surface area contributed by atoms with Crippen LogP contribution in [0.25, 0.3) is 0 Å². The lowest BCUT2D eigenvalue weighted by molar-refractivity contribution is -0.132. The molecule has 1 heterocycles. The molecule has 1 aliphatic rings. The van der Waals surface area contributed by atoms with Gasteiger partial charge in [-0.1, -0.05) is 6.42 Å². The van der Waals surface area contributed by atoms with E-state index in [9.17, 15) is 4.79 Å². The average Bonchev–Trinajstić information content (AvgIpc) is 2.86. The van der Waals surface area contributed by atoms with E-state index in [1.807, 2.05) is 24.2 Å². The predicted molar refractivity (Wildman–Crippen MR) is 76.7 cm³/mol. The number of hydrogen-bond donors (Lipinski definition) is 2. The number of aryl methyl sites for hydroxylation is 1. The maximum absolute atomic E-state index is 12.1. The van der Waals surface area contributed by atoms with Gasteiger partial charge >= 0.3 is 0 Å². The molecule has 0 aromatic carbocycles. The third kappa shape index (κ3) is 3.60. The Kier molecular flexibility index (Phi) is 4.64. The maximum atomic E-state index is 12.1.